The molecule has 2 atom stereocenters. The molecule has 0 unspecified atom stereocenters. The van der Waals surface area contributed by atoms with E-state index in [2.05, 4.69) is 22.5 Å². The third-order valence-electron chi connectivity index (χ3n) is 6.32. The summed E-state index contributed by atoms with van der Waals surface area (Å²) in [5.41, 5.74) is 2.33. The average molecular weight is 443 g/mol. The van der Waals surface area contributed by atoms with Gasteiger partial charge in [0.2, 0.25) is 0 Å². The van der Waals surface area contributed by atoms with E-state index in [0.717, 1.165) is 74.8 Å². The lowest BCUT2D eigenvalue weighted by Gasteiger charge is -2.26. The first-order valence-corrected chi connectivity index (χ1v) is 11.7. The van der Waals surface area contributed by atoms with E-state index in [1.807, 2.05) is 24.3 Å². The van der Waals surface area contributed by atoms with Gasteiger partial charge >= 0.3 is 0 Å². The third kappa shape index (κ3) is 6.03. The number of hydrogen-bond acceptors (Lipinski definition) is 6. The van der Waals surface area contributed by atoms with E-state index in [-0.39, 0.29) is 11.7 Å². The van der Waals surface area contributed by atoms with Crippen molar-refractivity contribution in [2.75, 3.05) is 31.6 Å². The van der Waals surface area contributed by atoms with Crippen molar-refractivity contribution < 1.29 is 9.53 Å². The van der Waals surface area contributed by atoms with Gasteiger partial charge in [0, 0.05) is 62.1 Å². The summed E-state index contributed by atoms with van der Waals surface area (Å²) in [6.45, 7) is 5.47. The summed E-state index contributed by atoms with van der Waals surface area (Å²) in [4.78, 5) is 21.9. The van der Waals surface area contributed by atoms with Crippen LogP contribution in [0.4, 0.5) is 5.82 Å². The number of nitrogens with zero attached hydrogens (tertiary/aromatic N) is 2. The van der Waals surface area contributed by atoms with Crippen LogP contribution >= 0.6 is 11.6 Å². The van der Waals surface area contributed by atoms with Gasteiger partial charge in [-0.1, -0.05) is 17.7 Å². The zero-order valence-electron chi connectivity index (χ0n) is 18.1. The molecule has 0 bridgehead atoms. The highest BCUT2D eigenvalue weighted by Gasteiger charge is 2.24. The Morgan fingerprint density at radius 1 is 1.26 bits per heavy atom. The lowest BCUT2D eigenvalue weighted by molar-refractivity contribution is -0.122. The van der Waals surface area contributed by atoms with E-state index in [1.165, 1.54) is 0 Å². The second-order valence-electron chi connectivity index (χ2n) is 8.73. The number of ether oxygens (including phenoxy) is 1. The fourth-order valence-corrected chi connectivity index (χ4v) is 4.45. The van der Waals surface area contributed by atoms with Gasteiger partial charge in [0.15, 0.2) is 0 Å². The van der Waals surface area contributed by atoms with Gasteiger partial charge in [-0.05, 0) is 56.7 Å². The number of pyridine rings is 2. The minimum absolute atomic E-state index is 0.0629. The zero-order valence-corrected chi connectivity index (χ0v) is 18.8. The largest absolute Gasteiger partial charge is 0.381 e. The van der Waals surface area contributed by atoms with E-state index in [1.54, 1.807) is 6.20 Å². The Hall–Kier alpha value is -2.02. The first-order chi connectivity index (χ1) is 15.1. The van der Waals surface area contributed by atoms with Gasteiger partial charge in [0.05, 0.1) is 10.7 Å². The first kappa shape index (κ1) is 22.2. The van der Waals surface area contributed by atoms with E-state index in [0.29, 0.717) is 23.4 Å². The molecule has 4 heterocycles. The molecular weight excluding hydrogens is 412 g/mol. The van der Waals surface area contributed by atoms with Gasteiger partial charge < -0.3 is 15.4 Å². The number of hydrogen-bond donors (Lipinski definition) is 2. The molecule has 2 saturated heterocycles. The van der Waals surface area contributed by atoms with Crippen molar-refractivity contribution in [3.8, 4) is 11.3 Å². The molecule has 0 radical (unpaired) electrons. The maximum atomic E-state index is 12.7. The molecule has 0 aliphatic carbocycles. The number of carbonyl (C=O) groups excluding carboxylic acids is 1. The second kappa shape index (κ2) is 10.5. The molecule has 2 aliphatic rings. The van der Waals surface area contributed by atoms with Crippen LogP contribution in [0.15, 0.2) is 30.5 Å². The maximum absolute atomic E-state index is 12.7. The molecule has 7 heteroatoms. The number of nitrogens with one attached hydrogen (secondary N) is 2. The molecule has 4 rings (SSSR count). The Morgan fingerprint density at radius 2 is 2.10 bits per heavy atom. The molecule has 0 aromatic carbocycles. The zero-order chi connectivity index (χ0) is 21.6. The van der Waals surface area contributed by atoms with Crippen molar-refractivity contribution in [2.24, 2.45) is 11.8 Å². The van der Waals surface area contributed by atoms with Gasteiger partial charge in [-0.2, -0.15) is 0 Å². The Kier molecular flexibility index (Phi) is 7.54. The first-order valence-electron chi connectivity index (χ1n) is 11.3. The number of aromatic nitrogens is 2. The van der Waals surface area contributed by atoms with Crippen molar-refractivity contribution in [3.63, 3.8) is 0 Å². The normalized spacial score (nSPS) is 22.3. The average Bonchev–Trinajstić information content (AvgIpc) is 2.80. The molecule has 2 aliphatic heterocycles. The van der Waals surface area contributed by atoms with Crippen molar-refractivity contribution >= 4 is 23.2 Å². The van der Waals surface area contributed by atoms with Crippen LogP contribution in [-0.4, -0.2) is 48.1 Å². The van der Waals surface area contributed by atoms with Gasteiger partial charge in [0.1, 0.15) is 11.6 Å². The lowest BCUT2D eigenvalue weighted by atomic mass is 9.90. The van der Waals surface area contributed by atoms with Crippen molar-refractivity contribution in [3.05, 3.63) is 41.2 Å². The quantitative estimate of drug-likeness (QED) is 0.671. The van der Waals surface area contributed by atoms with E-state index >= 15 is 0 Å². The van der Waals surface area contributed by atoms with E-state index < -0.39 is 0 Å². The van der Waals surface area contributed by atoms with Crippen molar-refractivity contribution in [1.29, 1.82) is 0 Å². The van der Waals surface area contributed by atoms with Crippen LogP contribution in [-0.2, 0) is 16.0 Å². The highest BCUT2D eigenvalue weighted by atomic mass is 35.5. The number of halogens is 1. The van der Waals surface area contributed by atoms with Crippen molar-refractivity contribution in [1.82, 2.24) is 15.3 Å². The van der Waals surface area contributed by atoms with Crippen LogP contribution in [0.5, 0.6) is 0 Å². The van der Waals surface area contributed by atoms with E-state index in [4.69, 9.17) is 21.3 Å². The number of anilines is 1. The van der Waals surface area contributed by atoms with Gasteiger partial charge in [0.25, 0.3) is 0 Å². The smallest absolute Gasteiger partial charge is 0.143 e. The number of rotatable bonds is 7. The van der Waals surface area contributed by atoms with Crippen molar-refractivity contribution in [2.45, 2.75) is 45.1 Å². The Labute approximate surface area is 189 Å². The summed E-state index contributed by atoms with van der Waals surface area (Å²) < 4.78 is 5.43. The number of ketones is 1. The van der Waals surface area contributed by atoms with Crippen LogP contribution in [0.2, 0.25) is 5.02 Å². The summed E-state index contributed by atoms with van der Waals surface area (Å²) >= 11 is 6.45. The molecule has 0 saturated carbocycles. The highest BCUT2D eigenvalue weighted by Crippen LogP contribution is 2.28. The minimum atomic E-state index is 0.0629. The standard InChI is InChI=1S/C24H31ClN4O2/c1-16-5-6-18(14-26-16)23(30)12-19-11-20(21(25)15-27-19)22-3-2-4-24(29-22)28-13-17-7-9-31-10-8-17/h2-4,11,15-18,26H,5-10,12-14H2,1H3,(H,28,29)/t16-,18-/m0/s1. The molecule has 2 aromatic rings. The number of piperidine rings is 1. The lowest BCUT2D eigenvalue weighted by Crippen LogP contribution is -2.40. The predicted octanol–water partition coefficient (Wildman–Crippen LogP) is 4.14. The van der Waals surface area contributed by atoms with Crippen LogP contribution in [0, 0.1) is 11.8 Å². The predicted molar refractivity (Wildman–Crippen MR) is 123 cm³/mol. The van der Waals surface area contributed by atoms with Crippen LogP contribution in [0.3, 0.4) is 0 Å². The second-order valence-corrected chi connectivity index (χ2v) is 9.13. The summed E-state index contributed by atoms with van der Waals surface area (Å²) in [5, 5.41) is 7.39. The monoisotopic (exact) mass is 442 g/mol. The fourth-order valence-electron chi connectivity index (χ4n) is 4.25. The van der Waals surface area contributed by atoms with Gasteiger partial charge in [-0.25, -0.2) is 4.98 Å². The summed E-state index contributed by atoms with van der Waals surface area (Å²) in [6.07, 6.45) is 6.09. The van der Waals surface area contributed by atoms with Crippen LogP contribution in [0.1, 0.15) is 38.3 Å². The summed E-state index contributed by atoms with van der Waals surface area (Å²) in [7, 11) is 0. The molecule has 166 valence electrons. The topological polar surface area (TPSA) is 76.1 Å². The molecule has 31 heavy (non-hydrogen) atoms. The molecular formula is C24H31ClN4O2. The third-order valence-corrected chi connectivity index (χ3v) is 6.62. The summed E-state index contributed by atoms with van der Waals surface area (Å²) in [6, 6.07) is 8.29. The molecule has 0 spiro atoms. The minimum Gasteiger partial charge on any atom is -0.381 e. The molecule has 0 amide bonds. The van der Waals surface area contributed by atoms with Crippen LogP contribution < -0.4 is 10.6 Å². The summed E-state index contributed by atoms with van der Waals surface area (Å²) in [5.74, 6) is 1.74. The SMILES string of the molecule is C[C@H]1CC[C@H](C(=O)Cc2cc(-c3cccc(NCC4CCOCC4)n3)c(Cl)cn2)CN1. The highest BCUT2D eigenvalue weighted by molar-refractivity contribution is 6.33. The molecule has 2 fully saturated rings. The molecule has 6 nitrogen and oxygen atoms in total. The number of Topliss-reactive ketones (excluding diaryl/α,β-unsaturated/α-hetero) is 1. The molecule has 2 N–H and O–H groups in total. The Bertz CT molecular complexity index is 893. The Morgan fingerprint density at radius 3 is 2.87 bits per heavy atom. The van der Waals surface area contributed by atoms with Gasteiger partial charge in [-0.15, -0.1) is 0 Å². The van der Waals surface area contributed by atoms with Gasteiger partial charge in [-0.3, -0.25) is 9.78 Å². The maximum Gasteiger partial charge on any atom is 0.143 e. The Balaban J connectivity index is 1.43. The number of carbonyl (C=O) groups is 1. The van der Waals surface area contributed by atoms with Crippen LogP contribution in [0.25, 0.3) is 11.3 Å². The molecule has 2 aromatic heterocycles. The van der Waals surface area contributed by atoms with E-state index in [9.17, 15) is 4.79 Å². The fraction of sp³-hybridized carbons (Fsp3) is 0.542.